The average molecular weight is 402 g/mol. The van der Waals surface area contributed by atoms with Gasteiger partial charge in [-0.1, -0.05) is 24.3 Å². The molecule has 2 aromatic carbocycles. The van der Waals surface area contributed by atoms with Crippen molar-refractivity contribution in [2.75, 3.05) is 14.2 Å². The van der Waals surface area contributed by atoms with Crippen LogP contribution in [0.4, 0.5) is 0 Å². The first kappa shape index (κ1) is 19.6. The zero-order valence-corrected chi connectivity index (χ0v) is 16.8. The molecule has 0 aliphatic heterocycles. The first-order valence-corrected chi connectivity index (χ1v) is 9.52. The lowest BCUT2D eigenvalue weighted by Crippen LogP contribution is -2.22. The highest BCUT2D eigenvalue weighted by atomic mass is 16.5. The van der Waals surface area contributed by atoms with E-state index in [1.54, 1.807) is 20.4 Å². The van der Waals surface area contributed by atoms with Crippen LogP contribution >= 0.6 is 0 Å². The van der Waals surface area contributed by atoms with Crippen LogP contribution in [0.25, 0.3) is 21.9 Å². The van der Waals surface area contributed by atoms with Gasteiger partial charge < -0.3 is 14.8 Å². The highest BCUT2D eigenvalue weighted by molar-refractivity contribution is 6.03. The van der Waals surface area contributed by atoms with Gasteiger partial charge in [-0.25, -0.2) is 4.98 Å². The Hall–Kier alpha value is -3.71. The third kappa shape index (κ3) is 4.01. The standard InChI is InChI=1S/C23H22N4O3/c1-29-14-18-12-17(26-27-18)13-25-22(28)16-8-9-19-15(11-16)5-3-6-20(19)21-7-4-10-24-23(21)30-2/h3-12H,13-14H2,1-2H3,(H,25,28)(H,26,27). The number of carbonyl (C=O) groups is 1. The number of carbonyl (C=O) groups excluding carboxylic acids is 1. The molecule has 0 radical (unpaired) electrons. The summed E-state index contributed by atoms with van der Waals surface area (Å²) in [6, 6.07) is 17.4. The maximum Gasteiger partial charge on any atom is 0.251 e. The van der Waals surface area contributed by atoms with Crippen molar-refractivity contribution in [2.45, 2.75) is 13.2 Å². The van der Waals surface area contributed by atoms with E-state index in [1.165, 1.54) is 0 Å². The van der Waals surface area contributed by atoms with E-state index in [2.05, 4.69) is 20.5 Å². The van der Waals surface area contributed by atoms with Gasteiger partial charge in [-0.05, 0) is 46.7 Å². The number of nitrogens with one attached hydrogen (secondary N) is 2. The second-order valence-electron chi connectivity index (χ2n) is 6.80. The number of aromatic nitrogens is 3. The van der Waals surface area contributed by atoms with Gasteiger partial charge in [0.05, 0.1) is 31.6 Å². The third-order valence-corrected chi connectivity index (χ3v) is 4.81. The molecule has 1 amide bonds. The van der Waals surface area contributed by atoms with Crippen LogP contribution in [-0.4, -0.2) is 35.3 Å². The zero-order valence-electron chi connectivity index (χ0n) is 16.8. The number of rotatable bonds is 7. The summed E-state index contributed by atoms with van der Waals surface area (Å²) in [6.45, 7) is 0.791. The third-order valence-electron chi connectivity index (χ3n) is 4.81. The first-order chi connectivity index (χ1) is 14.7. The van der Waals surface area contributed by atoms with Crippen LogP contribution in [0.2, 0.25) is 0 Å². The summed E-state index contributed by atoms with van der Waals surface area (Å²) in [5.41, 5.74) is 4.13. The van der Waals surface area contributed by atoms with Crippen molar-refractivity contribution in [1.82, 2.24) is 20.5 Å². The van der Waals surface area contributed by atoms with Crippen LogP contribution in [0.15, 0.2) is 60.8 Å². The van der Waals surface area contributed by atoms with Crippen molar-refractivity contribution < 1.29 is 14.3 Å². The van der Waals surface area contributed by atoms with Gasteiger partial charge in [-0.15, -0.1) is 0 Å². The number of H-pyrrole nitrogens is 1. The monoisotopic (exact) mass is 402 g/mol. The molecule has 2 heterocycles. The van der Waals surface area contributed by atoms with E-state index >= 15 is 0 Å². The number of methoxy groups -OCH3 is 2. The normalized spacial score (nSPS) is 10.9. The second-order valence-corrected chi connectivity index (χ2v) is 6.80. The van der Waals surface area contributed by atoms with Crippen LogP contribution in [0.1, 0.15) is 21.7 Å². The molecule has 152 valence electrons. The minimum Gasteiger partial charge on any atom is -0.481 e. The van der Waals surface area contributed by atoms with E-state index in [0.29, 0.717) is 24.6 Å². The summed E-state index contributed by atoms with van der Waals surface area (Å²) in [5, 5.41) is 11.9. The molecule has 4 rings (SSSR count). The minimum absolute atomic E-state index is 0.149. The summed E-state index contributed by atoms with van der Waals surface area (Å²) in [6.07, 6.45) is 1.70. The smallest absolute Gasteiger partial charge is 0.251 e. The van der Waals surface area contributed by atoms with E-state index in [0.717, 1.165) is 33.3 Å². The van der Waals surface area contributed by atoms with Crippen LogP contribution in [0.3, 0.4) is 0 Å². The molecule has 4 aromatic rings. The largest absolute Gasteiger partial charge is 0.481 e. The lowest BCUT2D eigenvalue weighted by atomic mass is 9.97. The van der Waals surface area contributed by atoms with Crippen LogP contribution < -0.4 is 10.1 Å². The van der Waals surface area contributed by atoms with E-state index in [1.807, 2.05) is 54.6 Å². The van der Waals surface area contributed by atoms with Gasteiger partial charge in [-0.2, -0.15) is 5.10 Å². The Morgan fingerprint density at radius 1 is 1.07 bits per heavy atom. The van der Waals surface area contributed by atoms with Crippen LogP contribution in [0, 0.1) is 0 Å². The number of nitrogens with zero attached hydrogens (tertiary/aromatic N) is 2. The fourth-order valence-electron chi connectivity index (χ4n) is 3.42. The molecule has 30 heavy (non-hydrogen) atoms. The van der Waals surface area contributed by atoms with E-state index in [9.17, 15) is 4.79 Å². The summed E-state index contributed by atoms with van der Waals surface area (Å²) >= 11 is 0. The summed E-state index contributed by atoms with van der Waals surface area (Å²) < 4.78 is 10.5. The van der Waals surface area contributed by atoms with Crippen molar-refractivity contribution in [2.24, 2.45) is 0 Å². The summed E-state index contributed by atoms with van der Waals surface area (Å²) in [7, 11) is 3.23. The minimum atomic E-state index is -0.149. The topological polar surface area (TPSA) is 89.1 Å². The first-order valence-electron chi connectivity index (χ1n) is 9.52. The molecular weight excluding hydrogens is 380 g/mol. The molecule has 0 fully saturated rings. The van der Waals surface area contributed by atoms with E-state index in [-0.39, 0.29) is 5.91 Å². The van der Waals surface area contributed by atoms with Crippen molar-refractivity contribution in [3.05, 3.63) is 77.7 Å². The highest BCUT2D eigenvalue weighted by Crippen LogP contribution is 2.33. The van der Waals surface area contributed by atoms with Crippen LogP contribution in [0.5, 0.6) is 5.88 Å². The Morgan fingerprint density at radius 3 is 2.77 bits per heavy atom. The molecular formula is C23H22N4O3. The van der Waals surface area contributed by atoms with Crippen molar-refractivity contribution >= 4 is 16.7 Å². The number of aromatic amines is 1. The van der Waals surface area contributed by atoms with E-state index < -0.39 is 0 Å². The predicted molar refractivity (Wildman–Crippen MR) is 114 cm³/mol. The van der Waals surface area contributed by atoms with Crippen molar-refractivity contribution in [3.63, 3.8) is 0 Å². The van der Waals surface area contributed by atoms with Gasteiger partial charge in [-0.3, -0.25) is 9.89 Å². The van der Waals surface area contributed by atoms with Gasteiger partial charge in [0.1, 0.15) is 0 Å². The fraction of sp³-hybridized carbons (Fsp3) is 0.174. The molecule has 0 bridgehead atoms. The Bertz CT molecular complexity index is 1190. The highest BCUT2D eigenvalue weighted by Gasteiger charge is 2.12. The van der Waals surface area contributed by atoms with Gasteiger partial charge >= 0.3 is 0 Å². The van der Waals surface area contributed by atoms with Crippen molar-refractivity contribution in [1.29, 1.82) is 0 Å². The molecule has 0 spiro atoms. The Kier molecular flexibility index (Phi) is 5.72. The number of pyridine rings is 1. The molecule has 0 saturated heterocycles. The number of benzene rings is 2. The molecule has 2 N–H and O–H groups in total. The zero-order chi connectivity index (χ0) is 20.9. The maximum absolute atomic E-state index is 12.6. The summed E-state index contributed by atoms with van der Waals surface area (Å²) in [4.78, 5) is 16.9. The van der Waals surface area contributed by atoms with Gasteiger partial charge in [0.2, 0.25) is 5.88 Å². The second kappa shape index (κ2) is 8.75. The van der Waals surface area contributed by atoms with Gasteiger partial charge in [0, 0.05) is 24.4 Å². The van der Waals surface area contributed by atoms with Crippen LogP contribution in [-0.2, 0) is 17.9 Å². The van der Waals surface area contributed by atoms with Gasteiger partial charge in [0.25, 0.3) is 5.91 Å². The molecule has 0 aliphatic rings. The molecule has 7 nitrogen and oxygen atoms in total. The van der Waals surface area contributed by atoms with Crippen molar-refractivity contribution in [3.8, 4) is 17.0 Å². The molecule has 2 aromatic heterocycles. The quantitative estimate of drug-likeness (QED) is 0.492. The average Bonchev–Trinajstić information content (AvgIpc) is 3.24. The fourth-order valence-corrected chi connectivity index (χ4v) is 3.42. The molecule has 0 unspecified atom stereocenters. The summed E-state index contributed by atoms with van der Waals surface area (Å²) in [5.74, 6) is 0.420. The Morgan fingerprint density at radius 2 is 1.93 bits per heavy atom. The Balaban J connectivity index is 1.57. The number of ether oxygens (including phenoxy) is 2. The maximum atomic E-state index is 12.6. The molecule has 0 atom stereocenters. The number of amides is 1. The van der Waals surface area contributed by atoms with E-state index in [4.69, 9.17) is 9.47 Å². The molecule has 0 saturated carbocycles. The SMILES string of the molecule is COCc1cc(CNC(=O)c2ccc3c(-c4cccnc4OC)cccc3c2)[nH]n1. The number of hydrogen-bond acceptors (Lipinski definition) is 5. The number of hydrogen-bond donors (Lipinski definition) is 2. The molecule has 7 heteroatoms. The molecule has 0 aliphatic carbocycles. The Labute approximate surface area is 174 Å². The lowest BCUT2D eigenvalue weighted by molar-refractivity contribution is 0.0950. The van der Waals surface area contributed by atoms with Gasteiger partial charge in [0.15, 0.2) is 0 Å². The number of fused-ring (bicyclic) bond motifs is 1. The lowest BCUT2D eigenvalue weighted by Gasteiger charge is -2.11. The predicted octanol–water partition coefficient (Wildman–Crippen LogP) is 3.71.